The lowest BCUT2D eigenvalue weighted by atomic mass is 9.96. The number of hydrogen-bond donors (Lipinski definition) is 1. The summed E-state index contributed by atoms with van der Waals surface area (Å²) in [4.78, 5) is 0. The molecule has 4 nitrogen and oxygen atoms in total. The molecule has 1 fully saturated rings. The monoisotopic (exact) mass is 342 g/mol. The van der Waals surface area contributed by atoms with Crippen molar-refractivity contribution in [2.24, 2.45) is 11.8 Å². The van der Waals surface area contributed by atoms with Crippen LogP contribution in [0.1, 0.15) is 74.1 Å². The molecule has 0 radical (unpaired) electrons. The predicted octanol–water partition coefficient (Wildman–Crippen LogP) is 4.66. The first-order valence-electron chi connectivity index (χ1n) is 9.33. The summed E-state index contributed by atoms with van der Waals surface area (Å²) >= 11 is 0. The van der Waals surface area contributed by atoms with Crippen molar-refractivity contribution in [3.63, 3.8) is 0 Å². The van der Waals surface area contributed by atoms with E-state index in [1.165, 1.54) is 0 Å². The van der Waals surface area contributed by atoms with E-state index in [9.17, 15) is 5.11 Å². The van der Waals surface area contributed by atoms with Gasteiger partial charge in [0.15, 0.2) is 6.29 Å². The maximum Gasteiger partial charge on any atom is 0.161 e. The maximum atomic E-state index is 9.84. The number of ether oxygens (including phenoxy) is 3. The highest BCUT2D eigenvalue weighted by Crippen LogP contribution is 2.28. The van der Waals surface area contributed by atoms with Crippen LogP contribution in [0.15, 0.2) is 12.3 Å². The Morgan fingerprint density at radius 1 is 1.25 bits per heavy atom. The molecule has 1 N–H and O–H groups in total. The molecular formula is C20H38O4. The summed E-state index contributed by atoms with van der Waals surface area (Å²) in [5.74, 6) is 1.59. The van der Waals surface area contributed by atoms with Crippen LogP contribution in [0, 0.1) is 11.8 Å². The van der Waals surface area contributed by atoms with Crippen molar-refractivity contribution in [2.75, 3.05) is 0 Å². The Bertz CT molecular complexity index is 388. The molecule has 0 aromatic carbocycles. The van der Waals surface area contributed by atoms with Gasteiger partial charge in [-0.3, -0.25) is 0 Å². The smallest absolute Gasteiger partial charge is 0.161 e. The van der Waals surface area contributed by atoms with Gasteiger partial charge in [-0.2, -0.15) is 0 Å². The Labute approximate surface area is 148 Å². The van der Waals surface area contributed by atoms with E-state index in [0.717, 1.165) is 31.4 Å². The van der Waals surface area contributed by atoms with Crippen molar-refractivity contribution in [1.29, 1.82) is 0 Å². The third kappa shape index (κ3) is 8.00. The normalized spacial score (nSPS) is 30.7. The van der Waals surface area contributed by atoms with Gasteiger partial charge in [-0.1, -0.05) is 20.4 Å². The van der Waals surface area contributed by atoms with E-state index >= 15 is 0 Å². The fourth-order valence-corrected chi connectivity index (χ4v) is 3.07. The molecule has 0 aliphatic carbocycles. The van der Waals surface area contributed by atoms with Crippen molar-refractivity contribution in [1.82, 2.24) is 0 Å². The lowest BCUT2D eigenvalue weighted by molar-refractivity contribution is -0.255. The topological polar surface area (TPSA) is 47.9 Å². The molecular weight excluding hydrogens is 304 g/mol. The first-order valence-corrected chi connectivity index (χ1v) is 9.33. The first kappa shape index (κ1) is 21.5. The molecule has 0 aromatic rings. The Morgan fingerprint density at radius 2 is 1.88 bits per heavy atom. The van der Waals surface area contributed by atoms with Crippen molar-refractivity contribution in [3.8, 4) is 0 Å². The largest absolute Gasteiger partial charge is 0.493 e. The average molecular weight is 343 g/mol. The van der Waals surface area contributed by atoms with E-state index in [1.54, 1.807) is 0 Å². The van der Waals surface area contributed by atoms with Gasteiger partial charge < -0.3 is 19.3 Å². The van der Waals surface area contributed by atoms with Crippen LogP contribution in [0.5, 0.6) is 0 Å². The minimum atomic E-state index is -0.385. The summed E-state index contributed by atoms with van der Waals surface area (Å²) in [6.07, 6.45) is 3.04. The highest BCUT2D eigenvalue weighted by atomic mass is 16.7. The molecule has 0 saturated carbocycles. The minimum Gasteiger partial charge on any atom is -0.493 e. The highest BCUT2D eigenvalue weighted by molar-refractivity contribution is 4.87. The molecule has 6 atom stereocenters. The predicted molar refractivity (Wildman–Crippen MR) is 97.7 cm³/mol. The summed E-state index contributed by atoms with van der Waals surface area (Å²) < 4.78 is 17.7. The number of aliphatic hydroxyl groups excluding tert-OH is 1. The van der Waals surface area contributed by atoms with Gasteiger partial charge in [0.05, 0.1) is 24.1 Å². The van der Waals surface area contributed by atoms with Gasteiger partial charge in [0.1, 0.15) is 5.60 Å². The highest BCUT2D eigenvalue weighted by Gasteiger charge is 2.33. The third-order valence-electron chi connectivity index (χ3n) is 4.43. The zero-order valence-electron chi connectivity index (χ0n) is 16.7. The van der Waals surface area contributed by atoms with Crippen LogP contribution in [0.25, 0.3) is 0 Å². The van der Waals surface area contributed by atoms with Crippen molar-refractivity contribution in [2.45, 2.75) is 104 Å². The Kier molecular flexibility index (Phi) is 8.24. The van der Waals surface area contributed by atoms with E-state index in [-0.39, 0.29) is 36.1 Å². The van der Waals surface area contributed by atoms with Gasteiger partial charge in [0.25, 0.3) is 0 Å². The van der Waals surface area contributed by atoms with Crippen LogP contribution in [0.2, 0.25) is 0 Å². The van der Waals surface area contributed by atoms with E-state index in [1.807, 2.05) is 27.7 Å². The van der Waals surface area contributed by atoms with Crippen molar-refractivity contribution in [3.05, 3.63) is 12.3 Å². The first-order chi connectivity index (χ1) is 11.0. The molecule has 142 valence electrons. The van der Waals surface area contributed by atoms with E-state index in [2.05, 4.69) is 27.4 Å². The van der Waals surface area contributed by atoms with Crippen molar-refractivity contribution < 1.29 is 19.3 Å². The van der Waals surface area contributed by atoms with E-state index in [4.69, 9.17) is 14.2 Å². The Hall–Kier alpha value is -0.580. The summed E-state index contributed by atoms with van der Waals surface area (Å²) in [6, 6.07) is 0. The maximum absolute atomic E-state index is 9.84. The van der Waals surface area contributed by atoms with Gasteiger partial charge in [-0.15, -0.1) is 0 Å². The molecule has 1 aliphatic rings. The number of rotatable bonds is 8. The fraction of sp³-hybridized carbons (Fsp3) is 0.900. The Morgan fingerprint density at radius 3 is 2.46 bits per heavy atom. The summed E-state index contributed by atoms with van der Waals surface area (Å²) in [7, 11) is 0. The van der Waals surface area contributed by atoms with Crippen molar-refractivity contribution >= 4 is 0 Å². The summed E-state index contributed by atoms with van der Waals surface area (Å²) in [5.41, 5.74) is -0.178. The van der Waals surface area contributed by atoms with Crippen LogP contribution in [-0.4, -0.2) is 35.3 Å². The second kappa shape index (κ2) is 9.21. The summed E-state index contributed by atoms with van der Waals surface area (Å²) in [6.45, 7) is 18.5. The Balaban J connectivity index is 2.30. The number of hydrogen-bond acceptors (Lipinski definition) is 4. The molecule has 0 spiro atoms. The fourth-order valence-electron chi connectivity index (χ4n) is 3.07. The van der Waals surface area contributed by atoms with Gasteiger partial charge in [0, 0.05) is 12.3 Å². The molecule has 0 amide bonds. The molecule has 1 aliphatic heterocycles. The van der Waals surface area contributed by atoms with Gasteiger partial charge in [-0.25, -0.2) is 0 Å². The average Bonchev–Trinajstić information content (AvgIpc) is 2.40. The third-order valence-corrected chi connectivity index (χ3v) is 4.43. The van der Waals surface area contributed by atoms with Crippen LogP contribution in [0.3, 0.4) is 0 Å². The lowest BCUT2D eigenvalue weighted by Gasteiger charge is -2.37. The molecule has 1 heterocycles. The minimum absolute atomic E-state index is 0.138. The zero-order valence-corrected chi connectivity index (χ0v) is 16.7. The van der Waals surface area contributed by atoms with Crippen LogP contribution in [-0.2, 0) is 14.2 Å². The van der Waals surface area contributed by atoms with Crippen LogP contribution < -0.4 is 0 Å². The standard InChI is InChI=1S/C20H38O4/c1-13(11-16(4)24-20(6,7)8)9-10-15(3)22-19-14(2)12-18(21)17(5)23-19/h13-15,17-19,21H,4,9-12H2,1-3,5-8H3/t13?,14-,15-,17+,18?,19-/m1/s1. The zero-order chi connectivity index (χ0) is 18.5. The second-order valence-electron chi connectivity index (χ2n) is 8.58. The van der Waals surface area contributed by atoms with Gasteiger partial charge >= 0.3 is 0 Å². The molecule has 1 rings (SSSR count). The molecule has 1 saturated heterocycles. The lowest BCUT2D eigenvalue weighted by Crippen LogP contribution is -2.44. The summed E-state index contributed by atoms with van der Waals surface area (Å²) in [5, 5.41) is 9.84. The molecule has 4 heteroatoms. The quantitative estimate of drug-likeness (QED) is 0.652. The van der Waals surface area contributed by atoms with E-state index < -0.39 is 0 Å². The second-order valence-corrected chi connectivity index (χ2v) is 8.58. The molecule has 2 unspecified atom stereocenters. The molecule has 24 heavy (non-hydrogen) atoms. The van der Waals surface area contributed by atoms with Crippen LogP contribution >= 0.6 is 0 Å². The number of aliphatic hydroxyl groups is 1. The van der Waals surface area contributed by atoms with Gasteiger partial charge in [-0.05, 0) is 59.8 Å². The molecule has 0 aromatic heterocycles. The molecule has 0 bridgehead atoms. The van der Waals surface area contributed by atoms with Crippen LogP contribution in [0.4, 0.5) is 0 Å². The SMILES string of the molecule is C=C(CC(C)CC[C@@H](C)O[C@@H]1O[C@@H](C)C(O)C[C@H]1C)OC(C)(C)C. The van der Waals surface area contributed by atoms with Gasteiger partial charge in [0.2, 0.25) is 0 Å². The number of allylic oxidation sites excluding steroid dienone is 1. The van der Waals surface area contributed by atoms with E-state index in [0.29, 0.717) is 5.92 Å².